The van der Waals surface area contributed by atoms with Gasteiger partial charge in [-0.05, 0) is 26.7 Å². The monoisotopic (exact) mass is 287 g/mol. The van der Waals surface area contributed by atoms with Gasteiger partial charge < -0.3 is 5.11 Å². The van der Waals surface area contributed by atoms with Crippen LogP contribution in [0.3, 0.4) is 0 Å². The Balaban J connectivity index is 2.27. The van der Waals surface area contributed by atoms with Gasteiger partial charge in [-0.25, -0.2) is 13.1 Å². The van der Waals surface area contributed by atoms with E-state index >= 15 is 0 Å². The summed E-state index contributed by atoms with van der Waals surface area (Å²) in [6.45, 7) is 3.41. The minimum atomic E-state index is -3.63. The molecule has 1 heterocycles. The molecule has 2 rings (SSSR count). The fourth-order valence-electron chi connectivity index (χ4n) is 2.65. The predicted molar refractivity (Wildman–Crippen MR) is 71.3 cm³/mol. The summed E-state index contributed by atoms with van der Waals surface area (Å²) in [5, 5.41) is 14.0. The molecular weight excluding hydrogens is 266 g/mol. The van der Waals surface area contributed by atoms with Crippen LogP contribution >= 0.6 is 0 Å². The van der Waals surface area contributed by atoms with Gasteiger partial charge in [-0.3, -0.25) is 4.68 Å². The minimum absolute atomic E-state index is 0.229. The fraction of sp³-hybridized carbons (Fsp3) is 0.750. The molecule has 1 fully saturated rings. The molecule has 6 nitrogen and oxygen atoms in total. The number of aliphatic hydroxyl groups excluding tert-OH is 1. The highest BCUT2D eigenvalue weighted by molar-refractivity contribution is 7.89. The van der Waals surface area contributed by atoms with E-state index < -0.39 is 22.2 Å². The number of hydrogen-bond donors (Lipinski definition) is 2. The van der Waals surface area contributed by atoms with Gasteiger partial charge in [-0.2, -0.15) is 5.10 Å². The standard InChI is InChI=1S/C12H21N3O3S/c1-8-12(9(2)15(3)13-8)19(17,18)14-10-6-4-5-7-11(10)16/h10-11,14,16H,4-7H2,1-3H3. The molecule has 1 aliphatic rings. The number of aliphatic hydroxyl groups is 1. The van der Waals surface area contributed by atoms with E-state index in [-0.39, 0.29) is 4.90 Å². The van der Waals surface area contributed by atoms with Crippen molar-refractivity contribution in [2.24, 2.45) is 7.05 Å². The summed E-state index contributed by atoms with van der Waals surface area (Å²) in [5.74, 6) is 0. The Morgan fingerprint density at radius 1 is 1.32 bits per heavy atom. The first-order valence-corrected chi connectivity index (χ1v) is 8.02. The second kappa shape index (κ2) is 5.22. The Labute approximate surface area is 113 Å². The smallest absolute Gasteiger partial charge is 0.244 e. The van der Waals surface area contributed by atoms with Gasteiger partial charge in [0.15, 0.2) is 0 Å². The summed E-state index contributed by atoms with van der Waals surface area (Å²) in [6, 6.07) is -0.391. The lowest BCUT2D eigenvalue weighted by Gasteiger charge is -2.28. The molecule has 108 valence electrons. The SMILES string of the molecule is Cc1nn(C)c(C)c1S(=O)(=O)NC1CCCCC1O. The van der Waals surface area contributed by atoms with Crippen molar-refractivity contribution < 1.29 is 13.5 Å². The maximum absolute atomic E-state index is 12.4. The Kier molecular flexibility index (Phi) is 3.98. The molecule has 1 aliphatic carbocycles. The number of nitrogens with zero attached hydrogens (tertiary/aromatic N) is 2. The molecule has 0 aliphatic heterocycles. The fourth-order valence-corrected chi connectivity index (χ4v) is 4.39. The van der Waals surface area contributed by atoms with E-state index in [0.717, 1.165) is 12.8 Å². The van der Waals surface area contributed by atoms with E-state index in [2.05, 4.69) is 9.82 Å². The van der Waals surface area contributed by atoms with Gasteiger partial charge in [0.05, 0.1) is 17.5 Å². The zero-order chi connectivity index (χ0) is 14.2. The second-order valence-electron chi connectivity index (χ2n) is 5.20. The molecule has 0 bridgehead atoms. The second-order valence-corrected chi connectivity index (χ2v) is 6.85. The van der Waals surface area contributed by atoms with Crippen LogP contribution in [-0.4, -0.2) is 35.5 Å². The van der Waals surface area contributed by atoms with Gasteiger partial charge in [0.1, 0.15) is 4.90 Å². The van der Waals surface area contributed by atoms with Crippen LogP contribution in [0.2, 0.25) is 0 Å². The molecule has 19 heavy (non-hydrogen) atoms. The number of sulfonamides is 1. The number of aromatic nitrogens is 2. The van der Waals surface area contributed by atoms with Crippen molar-refractivity contribution >= 4 is 10.0 Å². The molecule has 1 aromatic rings. The lowest BCUT2D eigenvalue weighted by atomic mass is 9.93. The van der Waals surface area contributed by atoms with Crippen LogP contribution < -0.4 is 4.72 Å². The van der Waals surface area contributed by atoms with Crippen molar-refractivity contribution in [3.8, 4) is 0 Å². The average molecular weight is 287 g/mol. The highest BCUT2D eigenvalue weighted by Gasteiger charge is 2.31. The first-order valence-electron chi connectivity index (χ1n) is 6.53. The van der Waals surface area contributed by atoms with Crippen LogP contribution in [0, 0.1) is 13.8 Å². The number of rotatable bonds is 3. The highest BCUT2D eigenvalue weighted by atomic mass is 32.2. The van der Waals surface area contributed by atoms with Gasteiger partial charge in [0, 0.05) is 13.1 Å². The van der Waals surface area contributed by atoms with E-state index in [4.69, 9.17) is 0 Å². The Morgan fingerprint density at radius 2 is 1.95 bits per heavy atom. The number of nitrogens with one attached hydrogen (secondary N) is 1. The molecule has 1 saturated carbocycles. The van der Waals surface area contributed by atoms with Crippen LogP contribution in [0.25, 0.3) is 0 Å². The quantitative estimate of drug-likeness (QED) is 0.853. The first kappa shape index (κ1) is 14.5. The molecule has 0 spiro atoms. The number of aryl methyl sites for hydroxylation is 2. The van der Waals surface area contributed by atoms with E-state index in [0.29, 0.717) is 24.2 Å². The summed E-state index contributed by atoms with van der Waals surface area (Å²) >= 11 is 0. The molecule has 2 N–H and O–H groups in total. The lowest BCUT2D eigenvalue weighted by molar-refractivity contribution is 0.101. The minimum Gasteiger partial charge on any atom is -0.391 e. The zero-order valence-electron chi connectivity index (χ0n) is 11.5. The third-order valence-electron chi connectivity index (χ3n) is 3.75. The van der Waals surface area contributed by atoms with Crippen molar-refractivity contribution in [1.29, 1.82) is 0 Å². The van der Waals surface area contributed by atoms with E-state index in [9.17, 15) is 13.5 Å². The van der Waals surface area contributed by atoms with Crippen LogP contribution in [0.15, 0.2) is 4.90 Å². The molecule has 0 radical (unpaired) electrons. The maximum atomic E-state index is 12.4. The first-order chi connectivity index (χ1) is 8.83. The van der Waals surface area contributed by atoms with Crippen LogP contribution in [0.4, 0.5) is 0 Å². The molecule has 0 aromatic carbocycles. The lowest BCUT2D eigenvalue weighted by Crippen LogP contribution is -2.45. The van der Waals surface area contributed by atoms with Gasteiger partial charge >= 0.3 is 0 Å². The van der Waals surface area contributed by atoms with Crippen molar-refractivity contribution in [2.75, 3.05) is 0 Å². The van der Waals surface area contributed by atoms with Crippen molar-refractivity contribution in [2.45, 2.75) is 56.6 Å². The van der Waals surface area contributed by atoms with E-state index in [1.165, 1.54) is 0 Å². The Bertz CT molecular complexity index is 565. The van der Waals surface area contributed by atoms with Gasteiger partial charge in [0.2, 0.25) is 10.0 Å². The summed E-state index contributed by atoms with van der Waals surface area (Å²) in [5.41, 5.74) is 1.09. The van der Waals surface area contributed by atoms with Crippen LogP contribution in [-0.2, 0) is 17.1 Å². The van der Waals surface area contributed by atoms with Crippen LogP contribution in [0.1, 0.15) is 37.1 Å². The topological polar surface area (TPSA) is 84.2 Å². The predicted octanol–water partition coefficient (Wildman–Crippen LogP) is 0.619. The zero-order valence-corrected chi connectivity index (χ0v) is 12.4. The summed E-state index contributed by atoms with van der Waals surface area (Å²) in [6.07, 6.45) is 2.62. The molecule has 7 heteroatoms. The van der Waals surface area contributed by atoms with Crippen molar-refractivity contribution in [3.63, 3.8) is 0 Å². The third-order valence-corrected chi connectivity index (χ3v) is 5.49. The van der Waals surface area contributed by atoms with Gasteiger partial charge in [-0.15, -0.1) is 0 Å². The molecule has 1 aromatic heterocycles. The molecule has 2 unspecified atom stereocenters. The third kappa shape index (κ3) is 2.82. The normalized spacial score (nSPS) is 24.6. The van der Waals surface area contributed by atoms with Crippen molar-refractivity contribution in [1.82, 2.24) is 14.5 Å². The summed E-state index contributed by atoms with van der Waals surface area (Å²) < 4.78 is 29.0. The largest absolute Gasteiger partial charge is 0.391 e. The summed E-state index contributed by atoms with van der Waals surface area (Å²) in [7, 11) is -1.91. The molecule has 2 atom stereocenters. The molecule has 0 amide bonds. The van der Waals surface area contributed by atoms with Crippen molar-refractivity contribution in [3.05, 3.63) is 11.4 Å². The van der Waals surface area contributed by atoms with Crippen LogP contribution in [0.5, 0.6) is 0 Å². The van der Waals surface area contributed by atoms with E-state index in [1.807, 2.05) is 0 Å². The highest BCUT2D eigenvalue weighted by Crippen LogP contribution is 2.23. The Morgan fingerprint density at radius 3 is 2.47 bits per heavy atom. The Hall–Kier alpha value is -0.920. The van der Waals surface area contributed by atoms with Gasteiger partial charge in [0.25, 0.3) is 0 Å². The van der Waals surface area contributed by atoms with Gasteiger partial charge in [-0.1, -0.05) is 12.8 Å². The van der Waals surface area contributed by atoms with E-state index in [1.54, 1.807) is 25.6 Å². The maximum Gasteiger partial charge on any atom is 0.244 e. The number of hydrogen-bond acceptors (Lipinski definition) is 4. The summed E-state index contributed by atoms with van der Waals surface area (Å²) in [4.78, 5) is 0.229. The molecular formula is C12H21N3O3S. The average Bonchev–Trinajstić information content (AvgIpc) is 2.56. The molecule has 0 saturated heterocycles.